The van der Waals surface area contributed by atoms with Crippen LogP contribution in [0.1, 0.15) is 50.5 Å². The monoisotopic (exact) mass is 338 g/mol. The van der Waals surface area contributed by atoms with E-state index in [1.807, 2.05) is 18.2 Å². The fraction of sp³-hybridized carbons (Fsp3) is 0.611. The van der Waals surface area contributed by atoms with Gasteiger partial charge in [0.2, 0.25) is 5.91 Å². The molecule has 23 heavy (non-hydrogen) atoms. The Hall–Kier alpha value is -1.26. The van der Waals surface area contributed by atoms with E-state index in [0.717, 1.165) is 30.1 Å². The molecule has 0 atom stereocenters. The molecule has 0 bridgehead atoms. The van der Waals surface area contributed by atoms with E-state index >= 15 is 0 Å². The molecule has 1 saturated carbocycles. The number of carbonyl (C=O) groups is 1. The van der Waals surface area contributed by atoms with Crippen LogP contribution in [0.25, 0.3) is 0 Å². The van der Waals surface area contributed by atoms with Gasteiger partial charge in [-0.25, -0.2) is 0 Å². The first-order valence-corrected chi connectivity index (χ1v) is 8.57. The second-order valence-electron chi connectivity index (χ2n) is 6.46. The van der Waals surface area contributed by atoms with E-state index in [9.17, 15) is 4.79 Å². The molecule has 2 aliphatic rings. The second kappa shape index (κ2) is 9.14. The van der Waals surface area contributed by atoms with Crippen LogP contribution in [-0.4, -0.2) is 19.1 Å². The number of halogens is 1. The Labute approximate surface area is 144 Å². The van der Waals surface area contributed by atoms with Gasteiger partial charge in [0.25, 0.3) is 0 Å². The third-order valence-electron chi connectivity index (χ3n) is 4.64. The number of hydrogen-bond donors (Lipinski definition) is 2. The average molecular weight is 339 g/mol. The largest absolute Gasteiger partial charge is 0.492 e. The van der Waals surface area contributed by atoms with Gasteiger partial charge in [-0.1, -0.05) is 25.7 Å². The summed E-state index contributed by atoms with van der Waals surface area (Å²) in [7, 11) is 0. The lowest BCUT2D eigenvalue weighted by molar-refractivity contribution is -0.117. The van der Waals surface area contributed by atoms with E-state index in [-0.39, 0.29) is 18.3 Å². The lowest BCUT2D eigenvalue weighted by Crippen LogP contribution is -2.17. The topological polar surface area (TPSA) is 50.4 Å². The molecule has 0 unspecified atom stereocenters. The molecule has 2 N–H and O–H groups in total. The van der Waals surface area contributed by atoms with Gasteiger partial charge >= 0.3 is 0 Å². The zero-order valence-corrected chi connectivity index (χ0v) is 14.4. The molecule has 4 nitrogen and oxygen atoms in total. The fourth-order valence-corrected chi connectivity index (χ4v) is 3.43. The first kappa shape index (κ1) is 18.1. The molecule has 1 aromatic carbocycles. The quantitative estimate of drug-likeness (QED) is 0.822. The van der Waals surface area contributed by atoms with E-state index in [1.54, 1.807) is 0 Å². The summed E-state index contributed by atoms with van der Waals surface area (Å²) in [6, 6.07) is 5.93. The van der Waals surface area contributed by atoms with Crippen molar-refractivity contribution in [2.75, 3.05) is 18.5 Å². The molecular weight excluding hydrogens is 312 g/mol. The standard InChI is InChI=1S/C18H26N2O2.ClH/c21-18(11-14-5-3-1-2-4-6-14)20-16-7-8-17-15(12-16)13-19-9-10-22-17;/h7-8,12,14,19H,1-6,9-11,13H2,(H,20,21);1H. The number of fused-ring (bicyclic) bond motifs is 1. The molecule has 1 aliphatic heterocycles. The third kappa shape index (κ3) is 5.40. The molecule has 0 saturated heterocycles. The second-order valence-corrected chi connectivity index (χ2v) is 6.46. The molecule has 1 aliphatic carbocycles. The molecule has 5 heteroatoms. The molecule has 1 fully saturated rings. The minimum Gasteiger partial charge on any atom is -0.492 e. The highest BCUT2D eigenvalue weighted by Crippen LogP contribution is 2.27. The van der Waals surface area contributed by atoms with Crippen molar-refractivity contribution in [2.45, 2.75) is 51.5 Å². The lowest BCUT2D eigenvalue weighted by Gasteiger charge is -2.14. The number of benzene rings is 1. The Bertz CT molecular complexity index is 514. The highest BCUT2D eigenvalue weighted by Gasteiger charge is 2.17. The van der Waals surface area contributed by atoms with Crippen LogP contribution in [0.2, 0.25) is 0 Å². The zero-order valence-electron chi connectivity index (χ0n) is 13.6. The first-order chi connectivity index (χ1) is 10.8. The summed E-state index contributed by atoms with van der Waals surface area (Å²) in [6.45, 7) is 2.35. The first-order valence-electron chi connectivity index (χ1n) is 8.57. The van der Waals surface area contributed by atoms with Crippen LogP contribution in [0, 0.1) is 5.92 Å². The number of amides is 1. The van der Waals surface area contributed by atoms with Gasteiger partial charge in [-0.2, -0.15) is 0 Å². The van der Waals surface area contributed by atoms with Gasteiger partial charge in [-0.05, 0) is 37.0 Å². The van der Waals surface area contributed by atoms with Crippen molar-refractivity contribution < 1.29 is 9.53 Å². The van der Waals surface area contributed by atoms with Crippen molar-refractivity contribution in [3.05, 3.63) is 23.8 Å². The van der Waals surface area contributed by atoms with E-state index in [2.05, 4.69) is 10.6 Å². The van der Waals surface area contributed by atoms with Crippen LogP contribution in [0.4, 0.5) is 5.69 Å². The number of hydrogen-bond acceptors (Lipinski definition) is 3. The van der Waals surface area contributed by atoms with E-state index in [4.69, 9.17) is 4.74 Å². The van der Waals surface area contributed by atoms with Crippen LogP contribution in [0.15, 0.2) is 18.2 Å². The van der Waals surface area contributed by atoms with Crippen molar-refractivity contribution in [1.82, 2.24) is 5.32 Å². The summed E-state index contributed by atoms with van der Waals surface area (Å²) in [6.07, 6.45) is 8.28. The Morgan fingerprint density at radius 3 is 2.78 bits per heavy atom. The van der Waals surface area contributed by atoms with Crippen LogP contribution in [-0.2, 0) is 11.3 Å². The number of ether oxygens (including phenoxy) is 1. The van der Waals surface area contributed by atoms with Gasteiger partial charge in [0, 0.05) is 30.8 Å². The lowest BCUT2D eigenvalue weighted by atomic mass is 9.96. The van der Waals surface area contributed by atoms with Gasteiger partial charge in [0.1, 0.15) is 12.4 Å². The maximum Gasteiger partial charge on any atom is 0.224 e. The summed E-state index contributed by atoms with van der Waals surface area (Å²) in [5.41, 5.74) is 1.99. The van der Waals surface area contributed by atoms with E-state index in [1.165, 1.54) is 38.5 Å². The van der Waals surface area contributed by atoms with Crippen LogP contribution in [0.3, 0.4) is 0 Å². The zero-order chi connectivity index (χ0) is 15.2. The maximum absolute atomic E-state index is 12.3. The van der Waals surface area contributed by atoms with Gasteiger partial charge in [0.15, 0.2) is 0 Å². The Kier molecular flexibility index (Phi) is 7.18. The van der Waals surface area contributed by atoms with Crippen LogP contribution < -0.4 is 15.4 Å². The third-order valence-corrected chi connectivity index (χ3v) is 4.64. The SMILES string of the molecule is Cl.O=C(CC1CCCCCC1)Nc1ccc2c(c1)CNCCO2. The van der Waals surface area contributed by atoms with E-state index in [0.29, 0.717) is 18.9 Å². The van der Waals surface area contributed by atoms with Gasteiger partial charge in [0.05, 0.1) is 0 Å². The number of anilines is 1. The van der Waals surface area contributed by atoms with Gasteiger partial charge < -0.3 is 15.4 Å². The predicted molar refractivity (Wildman–Crippen MR) is 95.3 cm³/mol. The number of carbonyl (C=O) groups excluding carboxylic acids is 1. The Balaban J connectivity index is 0.00000192. The number of nitrogens with one attached hydrogen (secondary N) is 2. The minimum absolute atomic E-state index is 0. The van der Waals surface area contributed by atoms with Crippen molar-refractivity contribution in [3.8, 4) is 5.75 Å². The summed E-state index contributed by atoms with van der Waals surface area (Å²) >= 11 is 0. The van der Waals surface area contributed by atoms with Crippen LogP contribution >= 0.6 is 12.4 Å². The summed E-state index contributed by atoms with van der Waals surface area (Å²) in [4.78, 5) is 12.3. The molecule has 1 heterocycles. The predicted octanol–water partition coefficient (Wildman–Crippen LogP) is 3.89. The van der Waals surface area contributed by atoms with Crippen molar-refractivity contribution in [1.29, 1.82) is 0 Å². The molecule has 3 rings (SSSR count). The fourth-order valence-electron chi connectivity index (χ4n) is 3.43. The summed E-state index contributed by atoms with van der Waals surface area (Å²) < 4.78 is 5.67. The molecule has 1 aromatic rings. The van der Waals surface area contributed by atoms with Crippen LogP contribution in [0.5, 0.6) is 5.75 Å². The summed E-state index contributed by atoms with van der Waals surface area (Å²) in [5, 5.41) is 6.38. The number of rotatable bonds is 3. The summed E-state index contributed by atoms with van der Waals surface area (Å²) in [5.74, 6) is 1.63. The smallest absolute Gasteiger partial charge is 0.224 e. The molecule has 128 valence electrons. The van der Waals surface area contributed by atoms with Crippen molar-refractivity contribution >= 4 is 24.0 Å². The molecule has 0 spiro atoms. The molecular formula is C18H27ClN2O2. The Morgan fingerprint density at radius 2 is 2.00 bits per heavy atom. The molecule has 0 radical (unpaired) electrons. The maximum atomic E-state index is 12.3. The van der Waals surface area contributed by atoms with E-state index < -0.39 is 0 Å². The van der Waals surface area contributed by atoms with Crippen molar-refractivity contribution in [2.24, 2.45) is 5.92 Å². The highest BCUT2D eigenvalue weighted by molar-refractivity contribution is 5.91. The Morgan fingerprint density at radius 1 is 1.22 bits per heavy atom. The normalized spacial score (nSPS) is 18.6. The minimum atomic E-state index is 0. The highest BCUT2D eigenvalue weighted by atomic mass is 35.5. The molecule has 1 amide bonds. The van der Waals surface area contributed by atoms with Gasteiger partial charge in [-0.15, -0.1) is 12.4 Å². The van der Waals surface area contributed by atoms with Gasteiger partial charge in [-0.3, -0.25) is 4.79 Å². The van der Waals surface area contributed by atoms with Crippen molar-refractivity contribution in [3.63, 3.8) is 0 Å². The molecule has 0 aromatic heterocycles. The average Bonchev–Trinajstić information content (AvgIpc) is 2.89.